The first kappa shape index (κ1) is 12.7. The van der Waals surface area contributed by atoms with Crippen LogP contribution in [0, 0.1) is 11.3 Å². The second kappa shape index (κ2) is 4.16. The number of aromatic hydroxyl groups is 1. The molecule has 0 bridgehead atoms. The van der Waals surface area contributed by atoms with Crippen LogP contribution in [0.3, 0.4) is 0 Å². The minimum atomic E-state index is -0.464. The molecule has 1 aliphatic heterocycles. The lowest BCUT2D eigenvalue weighted by atomic mass is 9.78. The van der Waals surface area contributed by atoms with Crippen molar-refractivity contribution < 1.29 is 9.90 Å². The Kier molecular flexibility index (Phi) is 2.93. The fraction of sp³-hybridized carbons (Fsp3) is 0.400. The van der Waals surface area contributed by atoms with Crippen LogP contribution in [-0.2, 0) is 4.79 Å². The van der Waals surface area contributed by atoms with E-state index < -0.39 is 5.41 Å². The average molecular weight is 245 g/mol. The minimum Gasteiger partial charge on any atom is -0.506 e. The first-order valence-corrected chi connectivity index (χ1v) is 6.11. The molecule has 1 unspecified atom stereocenters. The van der Waals surface area contributed by atoms with Gasteiger partial charge >= 0.3 is 0 Å². The van der Waals surface area contributed by atoms with E-state index in [-0.39, 0.29) is 17.6 Å². The first-order valence-electron chi connectivity index (χ1n) is 6.11. The van der Waals surface area contributed by atoms with Gasteiger partial charge in [-0.3, -0.25) is 4.79 Å². The molecule has 1 heterocycles. The van der Waals surface area contributed by atoms with Crippen molar-refractivity contribution in [2.75, 3.05) is 11.4 Å². The van der Waals surface area contributed by atoms with Crippen LogP contribution in [0.25, 0.3) is 0 Å². The van der Waals surface area contributed by atoms with Crippen molar-refractivity contribution in [2.45, 2.75) is 20.8 Å². The van der Waals surface area contributed by atoms with E-state index in [0.717, 1.165) is 5.57 Å². The molecular formula is C15H19NO2. The number of anilines is 1. The van der Waals surface area contributed by atoms with Crippen molar-refractivity contribution >= 4 is 11.6 Å². The molecule has 96 valence electrons. The molecule has 0 spiro atoms. The molecule has 3 nitrogen and oxygen atoms in total. The Morgan fingerprint density at radius 2 is 2.06 bits per heavy atom. The van der Waals surface area contributed by atoms with Gasteiger partial charge in [-0.25, -0.2) is 0 Å². The lowest BCUT2D eigenvalue weighted by Crippen LogP contribution is -2.31. The standard InChI is InChI=1S/C15H19NO2/c1-10(2)11-9-16(14(18)15(11,3)4)12-7-5-6-8-13(12)17/h5-8,11,17H,1,9H2,2-4H3. The van der Waals surface area contributed by atoms with Crippen LogP contribution in [0.15, 0.2) is 36.4 Å². The molecule has 2 rings (SSSR count). The van der Waals surface area contributed by atoms with Gasteiger partial charge in [0.15, 0.2) is 0 Å². The van der Waals surface area contributed by atoms with Crippen molar-refractivity contribution in [3.05, 3.63) is 36.4 Å². The van der Waals surface area contributed by atoms with Gasteiger partial charge in [0.05, 0.1) is 11.1 Å². The molecule has 0 radical (unpaired) electrons. The number of hydrogen-bond acceptors (Lipinski definition) is 2. The molecule has 1 aliphatic rings. The molecule has 18 heavy (non-hydrogen) atoms. The summed E-state index contributed by atoms with van der Waals surface area (Å²) in [5.41, 5.74) is 1.12. The number of rotatable bonds is 2. The van der Waals surface area contributed by atoms with Gasteiger partial charge in [-0.1, -0.05) is 38.1 Å². The number of carbonyl (C=O) groups excluding carboxylic acids is 1. The molecule has 1 atom stereocenters. The van der Waals surface area contributed by atoms with E-state index in [1.165, 1.54) is 0 Å². The van der Waals surface area contributed by atoms with Crippen molar-refractivity contribution in [1.29, 1.82) is 0 Å². The lowest BCUT2D eigenvalue weighted by Gasteiger charge is -2.23. The van der Waals surface area contributed by atoms with Crippen molar-refractivity contribution in [2.24, 2.45) is 11.3 Å². The monoisotopic (exact) mass is 245 g/mol. The molecule has 0 aromatic heterocycles. The van der Waals surface area contributed by atoms with Gasteiger partial charge in [0, 0.05) is 12.5 Å². The summed E-state index contributed by atoms with van der Waals surface area (Å²) in [7, 11) is 0. The van der Waals surface area contributed by atoms with Crippen molar-refractivity contribution in [3.8, 4) is 5.75 Å². The van der Waals surface area contributed by atoms with Crippen molar-refractivity contribution in [1.82, 2.24) is 0 Å². The largest absolute Gasteiger partial charge is 0.506 e. The first-order chi connectivity index (χ1) is 8.35. The number of hydrogen-bond donors (Lipinski definition) is 1. The smallest absolute Gasteiger partial charge is 0.233 e. The quantitative estimate of drug-likeness (QED) is 0.814. The molecule has 1 amide bonds. The third kappa shape index (κ3) is 1.80. The molecule has 1 N–H and O–H groups in total. The van der Waals surface area contributed by atoms with Crippen molar-refractivity contribution in [3.63, 3.8) is 0 Å². The van der Waals surface area contributed by atoms with Gasteiger partial charge in [0.25, 0.3) is 0 Å². The maximum Gasteiger partial charge on any atom is 0.233 e. The van der Waals surface area contributed by atoms with E-state index in [2.05, 4.69) is 6.58 Å². The van der Waals surface area contributed by atoms with Crippen LogP contribution in [-0.4, -0.2) is 17.6 Å². The SMILES string of the molecule is C=C(C)C1CN(c2ccccc2O)C(=O)C1(C)C. The summed E-state index contributed by atoms with van der Waals surface area (Å²) in [6.45, 7) is 10.4. The Labute approximate surface area is 108 Å². The van der Waals surface area contributed by atoms with E-state index >= 15 is 0 Å². The van der Waals surface area contributed by atoms with Gasteiger partial charge in [-0.05, 0) is 19.1 Å². The zero-order chi connectivity index (χ0) is 13.5. The van der Waals surface area contributed by atoms with Crippen LogP contribution in [0.1, 0.15) is 20.8 Å². The number of amides is 1. The zero-order valence-corrected chi connectivity index (χ0v) is 11.1. The average Bonchev–Trinajstić information content (AvgIpc) is 2.52. The molecule has 3 heteroatoms. The lowest BCUT2D eigenvalue weighted by molar-refractivity contribution is -0.124. The van der Waals surface area contributed by atoms with Crippen LogP contribution in [0.2, 0.25) is 0 Å². The Morgan fingerprint density at radius 1 is 1.44 bits per heavy atom. The third-order valence-corrected chi connectivity index (χ3v) is 3.80. The fourth-order valence-electron chi connectivity index (χ4n) is 2.66. The van der Waals surface area contributed by atoms with Gasteiger partial charge in [-0.15, -0.1) is 0 Å². The van der Waals surface area contributed by atoms with Gasteiger partial charge < -0.3 is 10.0 Å². The van der Waals surface area contributed by atoms with E-state index in [9.17, 15) is 9.90 Å². The Morgan fingerprint density at radius 3 is 2.56 bits per heavy atom. The normalized spacial score (nSPS) is 22.3. The van der Waals surface area contributed by atoms with Gasteiger partial charge in [0.2, 0.25) is 5.91 Å². The molecule has 0 saturated carbocycles. The summed E-state index contributed by atoms with van der Waals surface area (Å²) in [6.07, 6.45) is 0. The zero-order valence-electron chi connectivity index (χ0n) is 11.1. The minimum absolute atomic E-state index is 0.0389. The summed E-state index contributed by atoms with van der Waals surface area (Å²) in [5.74, 6) is 0.297. The number of phenolic OH excluding ortho intramolecular Hbond substituents is 1. The number of nitrogens with zero attached hydrogens (tertiary/aromatic N) is 1. The predicted molar refractivity (Wildman–Crippen MR) is 72.5 cm³/mol. The Balaban J connectivity index is 2.42. The van der Waals surface area contributed by atoms with Crippen LogP contribution >= 0.6 is 0 Å². The number of phenols is 1. The summed E-state index contributed by atoms with van der Waals surface area (Å²) in [5, 5.41) is 9.87. The van der Waals surface area contributed by atoms with E-state index in [0.29, 0.717) is 12.2 Å². The highest BCUT2D eigenvalue weighted by Crippen LogP contribution is 2.43. The van der Waals surface area contributed by atoms with Crippen LogP contribution in [0.4, 0.5) is 5.69 Å². The summed E-state index contributed by atoms with van der Waals surface area (Å²) in [4.78, 5) is 14.1. The summed E-state index contributed by atoms with van der Waals surface area (Å²) >= 11 is 0. The van der Waals surface area contributed by atoms with Crippen LogP contribution < -0.4 is 4.90 Å². The summed E-state index contributed by atoms with van der Waals surface area (Å²) < 4.78 is 0. The second-order valence-corrected chi connectivity index (χ2v) is 5.53. The molecule has 1 fully saturated rings. The van der Waals surface area contributed by atoms with Gasteiger partial charge in [-0.2, -0.15) is 0 Å². The Bertz CT molecular complexity index is 505. The fourth-order valence-corrected chi connectivity index (χ4v) is 2.66. The highest BCUT2D eigenvalue weighted by atomic mass is 16.3. The topological polar surface area (TPSA) is 40.5 Å². The number of benzene rings is 1. The van der Waals surface area contributed by atoms with Gasteiger partial charge in [0.1, 0.15) is 5.75 Å². The predicted octanol–water partition coefficient (Wildman–Crippen LogP) is 2.96. The molecule has 0 aliphatic carbocycles. The molecular weight excluding hydrogens is 226 g/mol. The maximum absolute atomic E-state index is 12.5. The highest BCUT2D eigenvalue weighted by molar-refractivity contribution is 6.01. The van der Waals surface area contributed by atoms with E-state index in [1.54, 1.807) is 23.1 Å². The third-order valence-electron chi connectivity index (χ3n) is 3.80. The second-order valence-electron chi connectivity index (χ2n) is 5.53. The maximum atomic E-state index is 12.5. The molecule has 1 aromatic rings. The molecule has 1 saturated heterocycles. The van der Waals surface area contributed by atoms with E-state index in [4.69, 9.17) is 0 Å². The Hall–Kier alpha value is -1.77. The molecule has 1 aromatic carbocycles. The number of para-hydroxylation sites is 2. The highest BCUT2D eigenvalue weighted by Gasteiger charge is 2.48. The van der Waals surface area contributed by atoms with E-state index in [1.807, 2.05) is 26.8 Å². The van der Waals surface area contributed by atoms with Crippen LogP contribution in [0.5, 0.6) is 5.75 Å². The summed E-state index contributed by atoms with van der Waals surface area (Å²) in [6, 6.07) is 6.94. The number of carbonyl (C=O) groups is 1.